The number of thioether (sulfide) groups is 1. The molecular formula is C12H13ClN2OS. The van der Waals surface area contributed by atoms with E-state index in [9.17, 15) is 0 Å². The second-order valence-corrected chi connectivity index (χ2v) is 5.23. The van der Waals surface area contributed by atoms with E-state index in [1.807, 2.05) is 32.0 Å². The van der Waals surface area contributed by atoms with E-state index in [4.69, 9.17) is 21.9 Å². The molecule has 0 spiro atoms. The fraction of sp³-hybridized carbons (Fsp3) is 0.250. The number of nitrogen functional groups attached to an aromatic ring is 1. The number of aromatic nitrogens is 1. The summed E-state index contributed by atoms with van der Waals surface area (Å²) < 4.78 is 5.12. The van der Waals surface area contributed by atoms with Crippen LogP contribution < -0.4 is 5.73 Å². The van der Waals surface area contributed by atoms with Crippen LogP contribution in [0.15, 0.2) is 27.6 Å². The zero-order valence-electron chi connectivity index (χ0n) is 9.66. The summed E-state index contributed by atoms with van der Waals surface area (Å²) in [7, 11) is 0. The summed E-state index contributed by atoms with van der Waals surface area (Å²) in [6, 6.07) is 5.65. The molecule has 0 fully saturated rings. The average Bonchev–Trinajstić information content (AvgIpc) is 2.61. The zero-order valence-corrected chi connectivity index (χ0v) is 11.2. The number of benzene rings is 1. The Bertz CT molecular complexity index is 520. The first-order valence-electron chi connectivity index (χ1n) is 5.17. The molecule has 90 valence electrons. The van der Waals surface area contributed by atoms with E-state index in [0.29, 0.717) is 10.7 Å². The van der Waals surface area contributed by atoms with Gasteiger partial charge in [0.05, 0.1) is 16.4 Å². The first kappa shape index (κ1) is 12.3. The van der Waals surface area contributed by atoms with E-state index in [1.54, 1.807) is 11.8 Å². The number of anilines is 1. The Balaban J connectivity index is 2.10. The summed E-state index contributed by atoms with van der Waals surface area (Å²) in [5.74, 6) is 1.69. The Labute approximate surface area is 109 Å². The van der Waals surface area contributed by atoms with Gasteiger partial charge in [0.1, 0.15) is 5.76 Å². The van der Waals surface area contributed by atoms with Crippen LogP contribution in [0.2, 0.25) is 5.02 Å². The molecule has 5 heteroatoms. The van der Waals surface area contributed by atoms with Crippen molar-refractivity contribution in [3.05, 3.63) is 40.2 Å². The van der Waals surface area contributed by atoms with E-state index in [2.05, 4.69) is 5.16 Å². The molecule has 17 heavy (non-hydrogen) atoms. The number of rotatable bonds is 3. The number of nitrogens with zero attached hydrogens (tertiary/aromatic N) is 1. The number of halogens is 1. The molecule has 2 N–H and O–H groups in total. The van der Waals surface area contributed by atoms with Crippen molar-refractivity contribution in [1.82, 2.24) is 5.16 Å². The Hall–Kier alpha value is -1.13. The van der Waals surface area contributed by atoms with E-state index >= 15 is 0 Å². The molecule has 0 aliphatic heterocycles. The van der Waals surface area contributed by atoms with Gasteiger partial charge in [0.25, 0.3) is 0 Å². The maximum atomic E-state index is 5.97. The summed E-state index contributed by atoms with van der Waals surface area (Å²) in [5.41, 5.74) is 8.35. The lowest BCUT2D eigenvalue weighted by Crippen LogP contribution is -1.87. The molecule has 0 amide bonds. The number of hydrogen-bond acceptors (Lipinski definition) is 4. The van der Waals surface area contributed by atoms with Gasteiger partial charge in [-0.15, -0.1) is 11.8 Å². The third-order valence-electron chi connectivity index (χ3n) is 2.54. The van der Waals surface area contributed by atoms with Crippen LogP contribution in [0.3, 0.4) is 0 Å². The standard InChI is InChI=1S/C12H13ClN2OS/c1-7-10(8(2)16-15-7)6-17-9-3-4-12(14)11(13)5-9/h3-5H,6,14H2,1-2H3. The third kappa shape index (κ3) is 2.76. The van der Waals surface area contributed by atoms with E-state index in [-0.39, 0.29) is 0 Å². The number of aryl methyl sites for hydroxylation is 2. The van der Waals surface area contributed by atoms with Crippen LogP contribution in [0.1, 0.15) is 17.0 Å². The molecular weight excluding hydrogens is 256 g/mol. The van der Waals surface area contributed by atoms with Crippen LogP contribution >= 0.6 is 23.4 Å². The quantitative estimate of drug-likeness (QED) is 0.679. The largest absolute Gasteiger partial charge is 0.398 e. The normalized spacial score (nSPS) is 10.8. The van der Waals surface area contributed by atoms with Gasteiger partial charge >= 0.3 is 0 Å². The smallest absolute Gasteiger partial charge is 0.137 e. The monoisotopic (exact) mass is 268 g/mol. The zero-order chi connectivity index (χ0) is 12.4. The van der Waals surface area contributed by atoms with Crippen molar-refractivity contribution in [2.24, 2.45) is 0 Å². The molecule has 0 unspecified atom stereocenters. The van der Waals surface area contributed by atoms with Crippen molar-refractivity contribution in [3.8, 4) is 0 Å². The predicted molar refractivity (Wildman–Crippen MR) is 71.4 cm³/mol. The van der Waals surface area contributed by atoms with Gasteiger partial charge in [-0.05, 0) is 32.0 Å². The molecule has 1 aromatic carbocycles. The van der Waals surface area contributed by atoms with Gasteiger partial charge in [-0.1, -0.05) is 16.8 Å². The van der Waals surface area contributed by atoms with Gasteiger partial charge < -0.3 is 10.3 Å². The highest BCUT2D eigenvalue weighted by atomic mass is 35.5. The van der Waals surface area contributed by atoms with E-state index < -0.39 is 0 Å². The van der Waals surface area contributed by atoms with E-state index in [1.165, 1.54) is 0 Å². The Morgan fingerprint density at radius 1 is 1.41 bits per heavy atom. The summed E-state index contributed by atoms with van der Waals surface area (Å²) >= 11 is 7.66. The molecule has 0 atom stereocenters. The fourth-order valence-corrected chi connectivity index (χ4v) is 2.79. The van der Waals surface area contributed by atoms with Crippen molar-refractivity contribution in [1.29, 1.82) is 0 Å². The predicted octanol–water partition coefficient (Wildman–Crippen LogP) is 3.82. The number of nitrogens with two attached hydrogens (primary N) is 1. The lowest BCUT2D eigenvalue weighted by atomic mass is 10.2. The molecule has 2 aromatic rings. The van der Waals surface area contributed by atoms with Gasteiger partial charge in [-0.3, -0.25) is 0 Å². The summed E-state index contributed by atoms with van der Waals surface area (Å²) in [5, 5.41) is 4.52. The topological polar surface area (TPSA) is 52.0 Å². The molecule has 0 radical (unpaired) electrons. The van der Waals surface area contributed by atoms with Crippen LogP contribution in [0, 0.1) is 13.8 Å². The first-order chi connectivity index (χ1) is 8.08. The van der Waals surface area contributed by atoms with Crippen LogP contribution in [0.4, 0.5) is 5.69 Å². The maximum Gasteiger partial charge on any atom is 0.137 e. The molecule has 0 bridgehead atoms. The van der Waals surface area contributed by atoms with Crippen molar-refractivity contribution in [3.63, 3.8) is 0 Å². The third-order valence-corrected chi connectivity index (χ3v) is 3.88. The van der Waals surface area contributed by atoms with Crippen molar-refractivity contribution in [2.75, 3.05) is 5.73 Å². The highest BCUT2D eigenvalue weighted by Crippen LogP contribution is 2.30. The van der Waals surface area contributed by atoms with Gasteiger partial charge in [0.15, 0.2) is 0 Å². The molecule has 3 nitrogen and oxygen atoms in total. The highest BCUT2D eigenvalue weighted by molar-refractivity contribution is 7.98. The minimum absolute atomic E-state index is 0.591. The first-order valence-corrected chi connectivity index (χ1v) is 6.54. The molecule has 0 aliphatic rings. The average molecular weight is 269 g/mol. The fourth-order valence-electron chi connectivity index (χ4n) is 1.46. The van der Waals surface area contributed by atoms with Crippen molar-refractivity contribution < 1.29 is 4.52 Å². The highest BCUT2D eigenvalue weighted by Gasteiger charge is 2.09. The molecule has 1 heterocycles. The van der Waals surface area contributed by atoms with Gasteiger partial charge in [0.2, 0.25) is 0 Å². The summed E-state index contributed by atoms with van der Waals surface area (Å²) in [4.78, 5) is 1.09. The van der Waals surface area contributed by atoms with Crippen LogP contribution in [0.5, 0.6) is 0 Å². The number of hydrogen-bond donors (Lipinski definition) is 1. The maximum absolute atomic E-state index is 5.97. The van der Waals surface area contributed by atoms with Crippen LogP contribution in [-0.2, 0) is 5.75 Å². The van der Waals surface area contributed by atoms with Gasteiger partial charge in [-0.25, -0.2) is 0 Å². The Morgan fingerprint density at radius 3 is 2.76 bits per heavy atom. The second kappa shape index (κ2) is 5.02. The van der Waals surface area contributed by atoms with Crippen LogP contribution in [-0.4, -0.2) is 5.16 Å². The van der Waals surface area contributed by atoms with Crippen molar-refractivity contribution in [2.45, 2.75) is 24.5 Å². The second-order valence-electron chi connectivity index (χ2n) is 3.77. The van der Waals surface area contributed by atoms with Gasteiger partial charge in [-0.2, -0.15) is 0 Å². The minimum atomic E-state index is 0.591. The SMILES string of the molecule is Cc1noc(C)c1CSc1ccc(N)c(Cl)c1. The van der Waals surface area contributed by atoms with E-state index in [0.717, 1.165) is 27.7 Å². The molecule has 2 rings (SSSR count). The Kier molecular flexibility index (Phi) is 3.64. The van der Waals surface area contributed by atoms with Crippen LogP contribution in [0.25, 0.3) is 0 Å². The lowest BCUT2D eigenvalue weighted by Gasteiger charge is -2.03. The van der Waals surface area contributed by atoms with Crippen molar-refractivity contribution >= 4 is 29.1 Å². The molecule has 0 saturated carbocycles. The molecule has 0 aliphatic carbocycles. The summed E-state index contributed by atoms with van der Waals surface area (Å²) in [6.07, 6.45) is 0. The molecule has 0 saturated heterocycles. The lowest BCUT2D eigenvalue weighted by molar-refractivity contribution is 0.392. The molecule has 1 aromatic heterocycles. The van der Waals surface area contributed by atoms with Gasteiger partial charge in [0, 0.05) is 16.2 Å². The summed E-state index contributed by atoms with van der Waals surface area (Å²) in [6.45, 7) is 3.87. The minimum Gasteiger partial charge on any atom is -0.398 e. The Morgan fingerprint density at radius 2 is 2.18 bits per heavy atom.